The number of hydrogen-bond acceptors (Lipinski definition) is 5. The summed E-state index contributed by atoms with van der Waals surface area (Å²) in [6.07, 6.45) is 0. The van der Waals surface area contributed by atoms with Gasteiger partial charge < -0.3 is 20.5 Å². The molecule has 0 aliphatic rings. The monoisotopic (exact) mass is 434 g/mol. The molecular formula is C14H19IN4O2S. The van der Waals surface area contributed by atoms with E-state index in [2.05, 4.69) is 15.3 Å². The van der Waals surface area contributed by atoms with Gasteiger partial charge in [0.25, 0.3) is 0 Å². The number of anilines is 1. The van der Waals surface area contributed by atoms with Crippen molar-refractivity contribution < 1.29 is 9.47 Å². The Bertz CT molecular complexity index is 646. The van der Waals surface area contributed by atoms with Crippen LogP contribution in [-0.2, 0) is 6.54 Å². The van der Waals surface area contributed by atoms with E-state index < -0.39 is 0 Å². The molecule has 1 heterocycles. The van der Waals surface area contributed by atoms with E-state index in [0.717, 1.165) is 10.6 Å². The first-order valence-electron chi connectivity index (χ1n) is 6.32. The molecule has 0 unspecified atom stereocenters. The van der Waals surface area contributed by atoms with Gasteiger partial charge in [-0.25, -0.2) is 9.98 Å². The summed E-state index contributed by atoms with van der Waals surface area (Å²) in [4.78, 5) is 9.59. The van der Waals surface area contributed by atoms with E-state index in [1.54, 1.807) is 37.1 Å². The van der Waals surface area contributed by atoms with Gasteiger partial charge >= 0.3 is 0 Å². The highest BCUT2D eigenvalue weighted by Gasteiger charge is 2.06. The fourth-order valence-corrected chi connectivity index (χ4v) is 2.42. The van der Waals surface area contributed by atoms with Gasteiger partial charge in [-0.2, -0.15) is 0 Å². The highest BCUT2D eigenvalue weighted by Crippen LogP contribution is 2.28. The van der Waals surface area contributed by atoms with Crippen LogP contribution in [-0.4, -0.2) is 25.2 Å². The normalized spacial score (nSPS) is 10.8. The summed E-state index contributed by atoms with van der Waals surface area (Å²) in [6.45, 7) is 2.46. The molecule has 6 nitrogen and oxygen atoms in total. The zero-order valence-corrected chi connectivity index (χ0v) is 15.8. The van der Waals surface area contributed by atoms with Crippen molar-refractivity contribution in [2.45, 2.75) is 13.5 Å². The Morgan fingerprint density at radius 1 is 1.36 bits per heavy atom. The number of benzene rings is 1. The van der Waals surface area contributed by atoms with E-state index in [0.29, 0.717) is 29.7 Å². The minimum Gasteiger partial charge on any atom is -0.497 e. The number of hydrogen-bond donors (Lipinski definition) is 2. The fraction of sp³-hybridized carbons (Fsp3) is 0.286. The molecule has 0 fully saturated rings. The van der Waals surface area contributed by atoms with Crippen LogP contribution in [0.1, 0.15) is 10.6 Å². The molecule has 22 heavy (non-hydrogen) atoms. The van der Waals surface area contributed by atoms with Crippen molar-refractivity contribution in [1.82, 2.24) is 4.98 Å². The van der Waals surface area contributed by atoms with E-state index in [4.69, 9.17) is 15.2 Å². The molecule has 1 aromatic carbocycles. The molecule has 8 heteroatoms. The fourth-order valence-electron chi connectivity index (χ4n) is 1.72. The van der Waals surface area contributed by atoms with Crippen molar-refractivity contribution in [3.05, 3.63) is 34.3 Å². The third kappa shape index (κ3) is 4.73. The summed E-state index contributed by atoms with van der Waals surface area (Å²) < 4.78 is 10.5. The number of nitrogens with one attached hydrogen (secondary N) is 1. The number of aromatic nitrogens is 1. The van der Waals surface area contributed by atoms with Gasteiger partial charge in [0.1, 0.15) is 11.5 Å². The number of rotatable bonds is 5. The van der Waals surface area contributed by atoms with Crippen LogP contribution >= 0.6 is 35.3 Å². The van der Waals surface area contributed by atoms with Crippen LogP contribution in [0.4, 0.5) is 5.69 Å². The Hall–Kier alpha value is -1.55. The maximum atomic E-state index is 5.91. The topological polar surface area (TPSA) is 81.8 Å². The van der Waals surface area contributed by atoms with Gasteiger partial charge in [0.2, 0.25) is 0 Å². The zero-order chi connectivity index (χ0) is 15.2. The van der Waals surface area contributed by atoms with Crippen LogP contribution in [0.15, 0.2) is 28.7 Å². The SMILES string of the molecule is COc1ccc(OC)c(NC(N)=NCc2scnc2C)c1.I. The number of nitrogens with zero attached hydrogens (tertiary/aromatic N) is 2. The molecule has 0 bridgehead atoms. The average Bonchev–Trinajstić information content (AvgIpc) is 2.90. The minimum absolute atomic E-state index is 0. The average molecular weight is 434 g/mol. The van der Waals surface area contributed by atoms with Crippen LogP contribution < -0.4 is 20.5 Å². The van der Waals surface area contributed by atoms with E-state index in [-0.39, 0.29) is 24.0 Å². The van der Waals surface area contributed by atoms with Crippen molar-refractivity contribution in [3.8, 4) is 11.5 Å². The molecule has 0 saturated carbocycles. The molecular weight excluding hydrogens is 415 g/mol. The number of guanidine groups is 1. The van der Waals surface area contributed by atoms with Gasteiger partial charge in [-0.1, -0.05) is 0 Å². The molecule has 3 N–H and O–H groups in total. The van der Waals surface area contributed by atoms with Crippen molar-refractivity contribution in [2.75, 3.05) is 19.5 Å². The molecule has 0 saturated heterocycles. The highest BCUT2D eigenvalue weighted by molar-refractivity contribution is 14.0. The summed E-state index contributed by atoms with van der Waals surface area (Å²) in [5.41, 5.74) is 9.40. The van der Waals surface area contributed by atoms with Crippen molar-refractivity contribution in [1.29, 1.82) is 0 Å². The second-order valence-electron chi connectivity index (χ2n) is 4.25. The third-order valence-corrected chi connectivity index (χ3v) is 3.83. The smallest absolute Gasteiger partial charge is 0.193 e. The largest absolute Gasteiger partial charge is 0.497 e. The molecule has 120 valence electrons. The third-order valence-electron chi connectivity index (χ3n) is 2.91. The van der Waals surface area contributed by atoms with E-state index in [1.807, 2.05) is 19.1 Å². The molecule has 0 aliphatic heterocycles. The Balaban J connectivity index is 0.00000242. The first-order chi connectivity index (χ1) is 10.1. The van der Waals surface area contributed by atoms with Crippen LogP contribution in [0.5, 0.6) is 11.5 Å². The number of nitrogens with two attached hydrogens (primary N) is 1. The first-order valence-corrected chi connectivity index (χ1v) is 7.20. The number of methoxy groups -OCH3 is 2. The second-order valence-corrected chi connectivity index (χ2v) is 5.19. The van der Waals surface area contributed by atoms with Crippen molar-refractivity contribution in [2.24, 2.45) is 10.7 Å². The molecule has 2 aromatic rings. The molecule has 2 rings (SSSR count). The van der Waals surface area contributed by atoms with Crippen LogP contribution in [0.2, 0.25) is 0 Å². The van der Waals surface area contributed by atoms with Gasteiger partial charge in [0.15, 0.2) is 5.96 Å². The van der Waals surface area contributed by atoms with Crippen LogP contribution in [0, 0.1) is 6.92 Å². The summed E-state index contributed by atoms with van der Waals surface area (Å²) in [7, 11) is 3.20. The number of ether oxygens (including phenoxy) is 2. The lowest BCUT2D eigenvalue weighted by atomic mass is 10.2. The number of thiazole rings is 1. The maximum Gasteiger partial charge on any atom is 0.193 e. The highest BCUT2D eigenvalue weighted by atomic mass is 127. The summed E-state index contributed by atoms with van der Waals surface area (Å²) in [5, 5.41) is 3.03. The summed E-state index contributed by atoms with van der Waals surface area (Å²) in [6, 6.07) is 5.43. The van der Waals surface area contributed by atoms with Gasteiger partial charge in [-0.15, -0.1) is 35.3 Å². The Morgan fingerprint density at radius 3 is 2.73 bits per heavy atom. The van der Waals surface area contributed by atoms with E-state index >= 15 is 0 Å². The number of aliphatic imine (C=N–C) groups is 1. The van der Waals surface area contributed by atoms with Crippen molar-refractivity contribution >= 4 is 47.0 Å². The predicted molar refractivity (Wildman–Crippen MR) is 101 cm³/mol. The second kappa shape index (κ2) is 8.79. The predicted octanol–water partition coefficient (Wildman–Crippen LogP) is 3.01. The van der Waals surface area contributed by atoms with E-state index in [1.165, 1.54) is 0 Å². The van der Waals surface area contributed by atoms with Gasteiger partial charge in [-0.3, -0.25) is 0 Å². The Morgan fingerprint density at radius 2 is 2.14 bits per heavy atom. The molecule has 0 aliphatic carbocycles. The minimum atomic E-state index is 0. The number of halogens is 1. The Kier molecular flexibility index (Phi) is 7.39. The zero-order valence-electron chi connectivity index (χ0n) is 12.6. The lowest BCUT2D eigenvalue weighted by molar-refractivity contribution is 0.405. The quantitative estimate of drug-likeness (QED) is 0.430. The maximum absolute atomic E-state index is 5.91. The molecule has 0 atom stereocenters. The van der Waals surface area contributed by atoms with Crippen LogP contribution in [0.25, 0.3) is 0 Å². The first kappa shape index (κ1) is 18.5. The van der Waals surface area contributed by atoms with Gasteiger partial charge in [0, 0.05) is 10.9 Å². The van der Waals surface area contributed by atoms with Crippen LogP contribution in [0.3, 0.4) is 0 Å². The molecule has 0 radical (unpaired) electrons. The molecule has 0 spiro atoms. The summed E-state index contributed by atoms with van der Waals surface area (Å²) >= 11 is 1.57. The van der Waals surface area contributed by atoms with Gasteiger partial charge in [0.05, 0.1) is 37.7 Å². The Labute approximate surface area is 150 Å². The molecule has 0 amide bonds. The standard InChI is InChI=1S/C14H18N4O2S.HI/c1-9-13(21-8-17-9)7-16-14(15)18-11-6-10(19-2)4-5-12(11)20-3;/h4-6,8H,7H2,1-3H3,(H3,15,16,18);1H. The number of aryl methyl sites for hydroxylation is 1. The van der Waals surface area contributed by atoms with E-state index in [9.17, 15) is 0 Å². The van der Waals surface area contributed by atoms with Gasteiger partial charge in [-0.05, 0) is 19.1 Å². The molecule has 1 aromatic heterocycles. The summed E-state index contributed by atoms with van der Waals surface area (Å²) in [5.74, 6) is 1.70. The lowest BCUT2D eigenvalue weighted by Gasteiger charge is -2.12. The lowest BCUT2D eigenvalue weighted by Crippen LogP contribution is -2.23. The van der Waals surface area contributed by atoms with Crippen molar-refractivity contribution in [3.63, 3.8) is 0 Å².